The lowest BCUT2D eigenvalue weighted by Gasteiger charge is -2.21. The van der Waals surface area contributed by atoms with Crippen molar-refractivity contribution in [1.82, 2.24) is 9.88 Å². The van der Waals surface area contributed by atoms with E-state index in [0.717, 1.165) is 23.5 Å². The Bertz CT molecular complexity index is 726. The Kier molecular flexibility index (Phi) is 4.61. The third-order valence-corrected chi connectivity index (χ3v) is 6.69. The molecule has 1 aromatic heterocycles. The lowest BCUT2D eigenvalue weighted by molar-refractivity contribution is 0.251. The van der Waals surface area contributed by atoms with Gasteiger partial charge in [0.25, 0.3) is 0 Å². The fraction of sp³-hybridized carbons (Fsp3) is 0.438. The first-order valence-corrected chi connectivity index (χ1v) is 10.1. The van der Waals surface area contributed by atoms with Crippen molar-refractivity contribution < 1.29 is 8.42 Å². The van der Waals surface area contributed by atoms with Gasteiger partial charge in [0.2, 0.25) is 0 Å². The molecule has 0 saturated carbocycles. The molecule has 1 aliphatic heterocycles. The van der Waals surface area contributed by atoms with Gasteiger partial charge in [0, 0.05) is 24.4 Å². The molecule has 118 valence electrons. The van der Waals surface area contributed by atoms with Crippen LogP contribution < -0.4 is 0 Å². The van der Waals surface area contributed by atoms with E-state index in [1.165, 1.54) is 5.56 Å². The van der Waals surface area contributed by atoms with Gasteiger partial charge in [-0.1, -0.05) is 30.3 Å². The van der Waals surface area contributed by atoms with Crippen LogP contribution in [0.3, 0.4) is 0 Å². The second kappa shape index (κ2) is 6.48. The Labute approximate surface area is 135 Å². The molecule has 4 nitrogen and oxygen atoms in total. The van der Waals surface area contributed by atoms with Crippen molar-refractivity contribution >= 4 is 21.2 Å². The molecule has 1 saturated heterocycles. The predicted molar refractivity (Wildman–Crippen MR) is 89.9 cm³/mol. The smallest absolute Gasteiger partial charge is 0.151 e. The standard InChI is InChI=1S/C16H20N2O2S2/c1-18(15-7-8-22(19,20)12-15)10-14-11-21-16(17-14)9-13-5-3-2-4-6-13/h2-6,11,15H,7-10,12H2,1H3/t15-/m0/s1. The molecule has 0 N–H and O–H groups in total. The van der Waals surface area contributed by atoms with E-state index in [9.17, 15) is 8.42 Å². The van der Waals surface area contributed by atoms with Crippen LogP contribution in [0.25, 0.3) is 0 Å². The lowest BCUT2D eigenvalue weighted by atomic mass is 10.2. The van der Waals surface area contributed by atoms with Gasteiger partial charge in [-0.2, -0.15) is 0 Å². The Morgan fingerprint density at radius 1 is 1.32 bits per heavy atom. The van der Waals surface area contributed by atoms with Gasteiger partial charge in [-0.25, -0.2) is 13.4 Å². The van der Waals surface area contributed by atoms with E-state index in [1.54, 1.807) is 11.3 Å². The van der Waals surface area contributed by atoms with Gasteiger partial charge >= 0.3 is 0 Å². The molecule has 0 spiro atoms. The zero-order valence-corrected chi connectivity index (χ0v) is 14.2. The number of thiazole rings is 1. The first-order valence-electron chi connectivity index (χ1n) is 7.40. The molecule has 6 heteroatoms. The zero-order chi connectivity index (χ0) is 15.6. The van der Waals surface area contributed by atoms with Gasteiger partial charge in [-0.05, 0) is 19.0 Å². The van der Waals surface area contributed by atoms with E-state index in [0.29, 0.717) is 12.3 Å². The average molecular weight is 336 g/mol. The molecular formula is C16H20N2O2S2. The summed E-state index contributed by atoms with van der Waals surface area (Å²) in [6.07, 6.45) is 1.59. The van der Waals surface area contributed by atoms with Crippen LogP contribution in [-0.4, -0.2) is 42.9 Å². The largest absolute Gasteiger partial charge is 0.297 e. The van der Waals surface area contributed by atoms with E-state index < -0.39 is 9.84 Å². The van der Waals surface area contributed by atoms with Gasteiger partial charge in [-0.15, -0.1) is 11.3 Å². The van der Waals surface area contributed by atoms with Crippen molar-refractivity contribution in [3.05, 3.63) is 52.0 Å². The molecular weight excluding hydrogens is 316 g/mol. The third-order valence-electron chi connectivity index (χ3n) is 4.04. The molecule has 22 heavy (non-hydrogen) atoms. The summed E-state index contributed by atoms with van der Waals surface area (Å²) in [6, 6.07) is 10.4. The summed E-state index contributed by atoms with van der Waals surface area (Å²) in [6.45, 7) is 0.714. The highest BCUT2D eigenvalue weighted by atomic mass is 32.2. The van der Waals surface area contributed by atoms with Gasteiger partial charge in [0.1, 0.15) is 0 Å². The van der Waals surface area contributed by atoms with Crippen LogP contribution in [0.5, 0.6) is 0 Å². The second-order valence-corrected chi connectivity index (χ2v) is 9.04. The molecule has 0 aliphatic carbocycles. The SMILES string of the molecule is CN(Cc1csc(Cc2ccccc2)n1)[C@H]1CCS(=O)(=O)C1. The minimum Gasteiger partial charge on any atom is -0.297 e. The fourth-order valence-corrected chi connectivity index (χ4v) is 5.41. The van der Waals surface area contributed by atoms with Crippen molar-refractivity contribution in [2.75, 3.05) is 18.6 Å². The second-order valence-electron chi connectivity index (χ2n) is 5.87. The molecule has 0 bridgehead atoms. The Morgan fingerprint density at radius 3 is 2.77 bits per heavy atom. The summed E-state index contributed by atoms with van der Waals surface area (Å²) in [7, 11) is -0.840. The number of hydrogen-bond acceptors (Lipinski definition) is 5. The van der Waals surface area contributed by atoms with Crippen LogP contribution in [0.15, 0.2) is 35.7 Å². The van der Waals surface area contributed by atoms with Crippen molar-refractivity contribution in [3.63, 3.8) is 0 Å². The van der Waals surface area contributed by atoms with Crippen LogP contribution in [0, 0.1) is 0 Å². The Hall–Kier alpha value is -1.24. The Balaban J connectivity index is 1.60. The number of hydrogen-bond donors (Lipinski definition) is 0. The molecule has 3 rings (SSSR count). The van der Waals surface area contributed by atoms with E-state index in [2.05, 4.69) is 27.4 Å². The molecule has 1 fully saturated rings. The normalized spacial score (nSPS) is 20.5. The highest BCUT2D eigenvalue weighted by Crippen LogP contribution is 2.20. The monoisotopic (exact) mass is 336 g/mol. The first-order chi connectivity index (χ1) is 10.5. The van der Waals surface area contributed by atoms with E-state index in [4.69, 9.17) is 0 Å². The van der Waals surface area contributed by atoms with Crippen LogP contribution in [-0.2, 0) is 22.8 Å². The Morgan fingerprint density at radius 2 is 2.09 bits per heavy atom. The molecule has 2 heterocycles. The third kappa shape index (κ3) is 3.94. The summed E-state index contributed by atoms with van der Waals surface area (Å²) >= 11 is 1.67. The molecule has 0 unspecified atom stereocenters. The first kappa shape index (κ1) is 15.6. The van der Waals surface area contributed by atoms with Crippen molar-refractivity contribution in [3.8, 4) is 0 Å². The maximum atomic E-state index is 11.6. The number of benzene rings is 1. The number of nitrogens with zero attached hydrogens (tertiary/aromatic N) is 2. The molecule has 1 atom stereocenters. The number of sulfone groups is 1. The topological polar surface area (TPSA) is 50.3 Å². The van der Waals surface area contributed by atoms with Gasteiger partial charge < -0.3 is 0 Å². The van der Waals surface area contributed by atoms with Crippen molar-refractivity contribution in [2.45, 2.75) is 25.4 Å². The zero-order valence-electron chi connectivity index (χ0n) is 12.6. The van der Waals surface area contributed by atoms with Crippen LogP contribution in [0.1, 0.15) is 22.7 Å². The van der Waals surface area contributed by atoms with E-state index in [-0.39, 0.29) is 11.8 Å². The van der Waals surface area contributed by atoms with E-state index >= 15 is 0 Å². The van der Waals surface area contributed by atoms with Gasteiger partial charge in [0.05, 0.1) is 22.2 Å². The summed E-state index contributed by atoms with van der Waals surface area (Å²) in [5.41, 5.74) is 2.29. The van der Waals surface area contributed by atoms with Gasteiger partial charge in [-0.3, -0.25) is 4.90 Å². The molecule has 2 aromatic rings. The van der Waals surface area contributed by atoms with Crippen LogP contribution in [0.4, 0.5) is 0 Å². The van der Waals surface area contributed by atoms with Crippen LogP contribution in [0.2, 0.25) is 0 Å². The summed E-state index contributed by atoms with van der Waals surface area (Å²) < 4.78 is 23.1. The summed E-state index contributed by atoms with van der Waals surface area (Å²) in [5, 5.41) is 3.19. The number of rotatable bonds is 5. The van der Waals surface area contributed by atoms with Crippen LogP contribution >= 0.6 is 11.3 Å². The summed E-state index contributed by atoms with van der Waals surface area (Å²) in [5.74, 6) is 0.600. The highest BCUT2D eigenvalue weighted by molar-refractivity contribution is 7.91. The molecule has 0 radical (unpaired) electrons. The lowest BCUT2D eigenvalue weighted by Crippen LogP contribution is -2.32. The predicted octanol–water partition coefficient (Wildman–Crippen LogP) is 2.35. The molecule has 0 amide bonds. The average Bonchev–Trinajstić information content (AvgIpc) is 3.06. The van der Waals surface area contributed by atoms with Crippen molar-refractivity contribution in [1.29, 1.82) is 0 Å². The van der Waals surface area contributed by atoms with Crippen molar-refractivity contribution in [2.24, 2.45) is 0 Å². The van der Waals surface area contributed by atoms with E-state index in [1.807, 2.05) is 25.2 Å². The molecule has 1 aromatic carbocycles. The fourth-order valence-electron chi connectivity index (χ4n) is 2.78. The minimum atomic E-state index is -2.83. The maximum Gasteiger partial charge on any atom is 0.151 e. The highest BCUT2D eigenvalue weighted by Gasteiger charge is 2.30. The van der Waals surface area contributed by atoms with Gasteiger partial charge in [0.15, 0.2) is 9.84 Å². The minimum absolute atomic E-state index is 0.129. The summed E-state index contributed by atoms with van der Waals surface area (Å²) in [4.78, 5) is 6.80. The number of aromatic nitrogens is 1. The quantitative estimate of drug-likeness (QED) is 0.841. The molecule has 1 aliphatic rings. The maximum absolute atomic E-state index is 11.6.